The summed E-state index contributed by atoms with van der Waals surface area (Å²) < 4.78 is 0. The second-order valence-corrected chi connectivity index (χ2v) is 7.44. The van der Waals surface area contributed by atoms with E-state index < -0.39 is 0 Å². The standard InChI is InChI=1S/C19H19Cl2N3OS/c20-16-8-5-14(11-17(16)21)18(25)23-19(26)22-15-6-3-13(4-7-15)12-24-9-1-2-10-24/h3-8,11H,1-2,9-10,12H2,(H2,22,23,25,26). The number of thiocarbonyl (C=S) groups is 1. The van der Waals surface area contributed by atoms with Crippen molar-refractivity contribution in [2.45, 2.75) is 19.4 Å². The fourth-order valence-corrected chi connectivity index (χ4v) is 3.38. The number of rotatable bonds is 4. The molecule has 0 aromatic heterocycles. The SMILES string of the molecule is O=C(NC(=S)Nc1ccc(CN2CCCC2)cc1)c1ccc(Cl)c(Cl)c1. The van der Waals surface area contributed by atoms with Gasteiger partial charge in [0, 0.05) is 17.8 Å². The van der Waals surface area contributed by atoms with Crippen molar-refractivity contribution in [3.8, 4) is 0 Å². The van der Waals surface area contributed by atoms with Crippen LogP contribution in [0.2, 0.25) is 10.0 Å². The van der Waals surface area contributed by atoms with Gasteiger partial charge in [-0.2, -0.15) is 0 Å². The molecule has 1 amide bonds. The second-order valence-electron chi connectivity index (χ2n) is 6.22. The van der Waals surface area contributed by atoms with Gasteiger partial charge in [0.05, 0.1) is 10.0 Å². The molecule has 0 bridgehead atoms. The third-order valence-electron chi connectivity index (χ3n) is 4.23. The van der Waals surface area contributed by atoms with Crippen molar-refractivity contribution in [1.29, 1.82) is 0 Å². The highest BCUT2D eigenvalue weighted by Gasteiger charge is 2.12. The zero-order valence-electron chi connectivity index (χ0n) is 14.1. The maximum Gasteiger partial charge on any atom is 0.257 e. The van der Waals surface area contributed by atoms with Crippen LogP contribution in [0.3, 0.4) is 0 Å². The van der Waals surface area contributed by atoms with Crippen molar-refractivity contribution >= 4 is 52.1 Å². The number of benzene rings is 2. The molecule has 1 aliphatic heterocycles. The van der Waals surface area contributed by atoms with Gasteiger partial charge in [0.2, 0.25) is 0 Å². The monoisotopic (exact) mass is 407 g/mol. The largest absolute Gasteiger partial charge is 0.332 e. The number of likely N-dealkylation sites (tertiary alicyclic amines) is 1. The Bertz CT molecular complexity index is 805. The quantitative estimate of drug-likeness (QED) is 0.719. The summed E-state index contributed by atoms with van der Waals surface area (Å²) in [6, 6.07) is 12.8. The minimum atomic E-state index is -0.341. The fourth-order valence-electron chi connectivity index (χ4n) is 2.87. The van der Waals surface area contributed by atoms with E-state index in [1.807, 2.05) is 12.1 Å². The summed E-state index contributed by atoms with van der Waals surface area (Å²) in [5.74, 6) is -0.341. The lowest BCUT2D eigenvalue weighted by Gasteiger charge is -2.15. The minimum Gasteiger partial charge on any atom is -0.332 e. The van der Waals surface area contributed by atoms with E-state index in [4.69, 9.17) is 35.4 Å². The first-order valence-corrected chi connectivity index (χ1v) is 9.56. The van der Waals surface area contributed by atoms with Crippen LogP contribution >= 0.6 is 35.4 Å². The van der Waals surface area contributed by atoms with Crippen LogP contribution in [0.1, 0.15) is 28.8 Å². The Labute approximate surface area is 168 Å². The highest BCUT2D eigenvalue weighted by molar-refractivity contribution is 7.80. The maximum atomic E-state index is 12.2. The Kier molecular flexibility index (Phi) is 6.48. The van der Waals surface area contributed by atoms with Crippen molar-refractivity contribution in [2.75, 3.05) is 18.4 Å². The molecular formula is C19H19Cl2N3OS. The van der Waals surface area contributed by atoms with Crippen molar-refractivity contribution < 1.29 is 4.79 Å². The first-order valence-electron chi connectivity index (χ1n) is 8.40. The molecule has 3 rings (SSSR count). The van der Waals surface area contributed by atoms with Gasteiger partial charge in [0.25, 0.3) is 5.91 Å². The fraction of sp³-hybridized carbons (Fsp3) is 0.263. The summed E-state index contributed by atoms with van der Waals surface area (Å²) in [5.41, 5.74) is 2.49. The third kappa shape index (κ3) is 5.17. The van der Waals surface area contributed by atoms with Gasteiger partial charge >= 0.3 is 0 Å². The van der Waals surface area contributed by atoms with E-state index in [1.54, 1.807) is 12.1 Å². The average molecular weight is 408 g/mol. The molecule has 7 heteroatoms. The topological polar surface area (TPSA) is 44.4 Å². The minimum absolute atomic E-state index is 0.230. The molecule has 2 aromatic carbocycles. The third-order valence-corrected chi connectivity index (χ3v) is 5.17. The molecule has 1 aliphatic rings. The maximum absolute atomic E-state index is 12.2. The Balaban J connectivity index is 1.53. The summed E-state index contributed by atoms with van der Waals surface area (Å²) >= 11 is 17.0. The predicted molar refractivity (Wildman–Crippen MR) is 111 cm³/mol. The molecule has 2 N–H and O–H groups in total. The van der Waals surface area contributed by atoms with Gasteiger partial charge in [-0.25, -0.2) is 0 Å². The number of hydrogen-bond donors (Lipinski definition) is 2. The zero-order chi connectivity index (χ0) is 18.5. The van der Waals surface area contributed by atoms with E-state index in [0.717, 1.165) is 12.2 Å². The van der Waals surface area contributed by atoms with Gasteiger partial charge in [0.15, 0.2) is 5.11 Å². The van der Waals surface area contributed by atoms with Gasteiger partial charge < -0.3 is 5.32 Å². The van der Waals surface area contributed by atoms with Crippen LogP contribution in [0, 0.1) is 0 Å². The Morgan fingerprint density at radius 3 is 2.38 bits per heavy atom. The number of hydrogen-bond acceptors (Lipinski definition) is 3. The lowest BCUT2D eigenvalue weighted by molar-refractivity contribution is 0.0977. The molecule has 4 nitrogen and oxygen atoms in total. The number of nitrogens with one attached hydrogen (secondary N) is 2. The van der Waals surface area contributed by atoms with Crippen LogP contribution in [-0.2, 0) is 6.54 Å². The van der Waals surface area contributed by atoms with Crippen LogP contribution in [0.4, 0.5) is 5.69 Å². The summed E-state index contributed by atoms with van der Waals surface area (Å²) in [6.07, 6.45) is 2.57. The summed E-state index contributed by atoms with van der Waals surface area (Å²) in [5, 5.41) is 6.61. The average Bonchev–Trinajstić information content (AvgIpc) is 3.12. The predicted octanol–water partition coefficient (Wildman–Crippen LogP) is 4.72. The summed E-state index contributed by atoms with van der Waals surface area (Å²) in [7, 11) is 0. The van der Waals surface area contributed by atoms with Crippen LogP contribution in [0.15, 0.2) is 42.5 Å². The molecule has 2 aromatic rings. The molecule has 1 fully saturated rings. The van der Waals surface area contributed by atoms with Crippen LogP contribution in [0.25, 0.3) is 0 Å². The van der Waals surface area contributed by atoms with Crippen molar-refractivity contribution in [2.24, 2.45) is 0 Å². The Morgan fingerprint density at radius 2 is 1.73 bits per heavy atom. The van der Waals surface area contributed by atoms with Gasteiger partial charge in [-0.3, -0.25) is 15.0 Å². The molecule has 0 saturated carbocycles. The molecule has 136 valence electrons. The number of nitrogens with zero attached hydrogens (tertiary/aromatic N) is 1. The molecule has 0 unspecified atom stereocenters. The molecule has 1 saturated heterocycles. The zero-order valence-corrected chi connectivity index (χ0v) is 16.4. The van der Waals surface area contributed by atoms with Gasteiger partial charge in [0.1, 0.15) is 0 Å². The molecular weight excluding hydrogens is 389 g/mol. The molecule has 26 heavy (non-hydrogen) atoms. The van der Waals surface area contributed by atoms with E-state index in [2.05, 4.69) is 27.7 Å². The van der Waals surface area contributed by atoms with Crippen LogP contribution < -0.4 is 10.6 Å². The number of carbonyl (C=O) groups excluding carboxylic acids is 1. The smallest absolute Gasteiger partial charge is 0.257 e. The van der Waals surface area contributed by atoms with E-state index in [-0.39, 0.29) is 11.0 Å². The van der Waals surface area contributed by atoms with Crippen molar-refractivity contribution in [1.82, 2.24) is 10.2 Å². The summed E-state index contributed by atoms with van der Waals surface area (Å²) in [6.45, 7) is 3.31. The lowest BCUT2D eigenvalue weighted by Crippen LogP contribution is -2.34. The van der Waals surface area contributed by atoms with E-state index in [9.17, 15) is 4.79 Å². The summed E-state index contributed by atoms with van der Waals surface area (Å²) in [4.78, 5) is 14.7. The second kappa shape index (κ2) is 8.82. The van der Waals surface area contributed by atoms with Crippen molar-refractivity contribution in [3.63, 3.8) is 0 Å². The molecule has 0 atom stereocenters. The van der Waals surface area contributed by atoms with E-state index in [0.29, 0.717) is 15.6 Å². The van der Waals surface area contributed by atoms with E-state index >= 15 is 0 Å². The first-order chi connectivity index (χ1) is 12.5. The van der Waals surface area contributed by atoms with Crippen LogP contribution in [0.5, 0.6) is 0 Å². The molecule has 0 aliphatic carbocycles. The van der Waals surface area contributed by atoms with Gasteiger partial charge in [-0.1, -0.05) is 35.3 Å². The number of amides is 1. The number of halogens is 2. The highest BCUT2D eigenvalue weighted by Crippen LogP contribution is 2.22. The molecule has 0 radical (unpaired) electrons. The Hall–Kier alpha value is -1.66. The van der Waals surface area contributed by atoms with Gasteiger partial charge in [-0.05, 0) is 74.0 Å². The van der Waals surface area contributed by atoms with Crippen LogP contribution in [-0.4, -0.2) is 29.0 Å². The lowest BCUT2D eigenvalue weighted by atomic mass is 10.2. The number of anilines is 1. The van der Waals surface area contributed by atoms with E-state index in [1.165, 1.54) is 37.6 Å². The normalized spacial score (nSPS) is 14.2. The molecule has 0 spiro atoms. The first kappa shape index (κ1) is 19.1. The Morgan fingerprint density at radius 1 is 1.04 bits per heavy atom. The molecule has 1 heterocycles. The highest BCUT2D eigenvalue weighted by atomic mass is 35.5. The van der Waals surface area contributed by atoms with Gasteiger partial charge in [-0.15, -0.1) is 0 Å². The van der Waals surface area contributed by atoms with Crippen molar-refractivity contribution in [3.05, 3.63) is 63.6 Å². The number of carbonyl (C=O) groups is 1.